The van der Waals surface area contributed by atoms with Gasteiger partial charge in [0.2, 0.25) is 0 Å². The molecule has 0 atom stereocenters. The van der Waals surface area contributed by atoms with Crippen LogP contribution in [0.15, 0.2) is 42.7 Å². The molecule has 0 radical (unpaired) electrons. The first-order valence-corrected chi connectivity index (χ1v) is 9.98. The van der Waals surface area contributed by atoms with E-state index in [0.717, 1.165) is 28.3 Å². The maximum Gasteiger partial charge on any atom is 0.348 e. The van der Waals surface area contributed by atoms with Gasteiger partial charge in [-0.2, -0.15) is 5.26 Å². The summed E-state index contributed by atoms with van der Waals surface area (Å²) >= 11 is 0.816. The minimum atomic E-state index is -1.31. The van der Waals surface area contributed by atoms with Gasteiger partial charge in [0.05, 0.1) is 23.2 Å². The number of aromatic nitrogens is 3. The second kappa shape index (κ2) is 8.41. The molecule has 0 aliphatic rings. The highest BCUT2D eigenvalue weighted by molar-refractivity contribution is 7.17. The van der Waals surface area contributed by atoms with Gasteiger partial charge in [-0.3, -0.25) is 0 Å². The number of carbonyl (C=O) groups is 1. The molecule has 0 saturated carbocycles. The number of anilines is 1. The summed E-state index contributed by atoms with van der Waals surface area (Å²) in [5.74, 6) is -0.905. The largest absolute Gasteiger partial charge is 0.496 e. The molecule has 0 fully saturated rings. The smallest absolute Gasteiger partial charge is 0.348 e. The zero-order valence-corrected chi connectivity index (χ0v) is 17.1. The van der Waals surface area contributed by atoms with Crippen LogP contribution < -0.4 is 10.1 Å². The van der Waals surface area contributed by atoms with E-state index in [2.05, 4.69) is 21.4 Å². The number of rotatable bonds is 7. The molecule has 31 heavy (non-hydrogen) atoms. The van der Waals surface area contributed by atoms with Crippen molar-refractivity contribution in [3.05, 3.63) is 59.1 Å². The van der Waals surface area contributed by atoms with Gasteiger partial charge in [0.1, 0.15) is 40.4 Å². The standard InChI is InChI=1S/C21H16FN5O3S/c1-30-17-4-2-3-16-13(17)7-12(10-23)27(16)6-5-24-19-9-15(25-11-26-19)18-8-14(22)20(31-18)21(28)29/h2-4,7-9,11H,5-6H2,1H3,(H,28,29)(H,24,25,26). The molecular formula is C21H16FN5O3S. The molecule has 10 heteroatoms. The van der Waals surface area contributed by atoms with Gasteiger partial charge in [0.15, 0.2) is 0 Å². The fourth-order valence-corrected chi connectivity index (χ4v) is 4.14. The number of ether oxygens (including phenoxy) is 1. The van der Waals surface area contributed by atoms with E-state index in [1.807, 2.05) is 22.8 Å². The first-order chi connectivity index (χ1) is 15.0. The second-order valence-electron chi connectivity index (χ2n) is 6.49. The average Bonchev–Trinajstić information content (AvgIpc) is 3.34. The summed E-state index contributed by atoms with van der Waals surface area (Å²) in [5, 5.41) is 22.6. The van der Waals surface area contributed by atoms with Gasteiger partial charge in [0.25, 0.3) is 0 Å². The molecule has 8 nitrogen and oxygen atoms in total. The van der Waals surface area contributed by atoms with Gasteiger partial charge in [-0.25, -0.2) is 19.2 Å². The van der Waals surface area contributed by atoms with E-state index in [4.69, 9.17) is 9.84 Å². The van der Waals surface area contributed by atoms with E-state index in [0.29, 0.717) is 40.9 Å². The molecule has 0 bridgehead atoms. The Balaban J connectivity index is 1.53. The summed E-state index contributed by atoms with van der Waals surface area (Å²) in [6.45, 7) is 0.959. The van der Waals surface area contributed by atoms with Crippen molar-refractivity contribution in [1.82, 2.24) is 14.5 Å². The quantitative estimate of drug-likeness (QED) is 0.449. The van der Waals surface area contributed by atoms with E-state index >= 15 is 0 Å². The molecule has 0 amide bonds. The fraction of sp³-hybridized carbons (Fsp3) is 0.143. The highest BCUT2D eigenvalue weighted by Gasteiger charge is 2.17. The van der Waals surface area contributed by atoms with Gasteiger partial charge in [0, 0.05) is 24.5 Å². The van der Waals surface area contributed by atoms with Crippen LogP contribution in [0.3, 0.4) is 0 Å². The molecule has 0 aliphatic heterocycles. The molecule has 0 spiro atoms. The van der Waals surface area contributed by atoms with Crippen LogP contribution in [0, 0.1) is 17.1 Å². The molecule has 156 valence electrons. The number of benzene rings is 1. The van der Waals surface area contributed by atoms with Crippen LogP contribution in [-0.4, -0.2) is 39.3 Å². The molecule has 4 rings (SSSR count). The van der Waals surface area contributed by atoms with Crippen molar-refractivity contribution < 1.29 is 19.0 Å². The molecule has 1 aromatic carbocycles. The molecule has 2 N–H and O–H groups in total. The number of carboxylic acid groups (broad SMARTS) is 1. The average molecular weight is 437 g/mol. The Morgan fingerprint density at radius 3 is 2.90 bits per heavy atom. The Bertz CT molecular complexity index is 1320. The number of thiophene rings is 1. The van der Waals surface area contributed by atoms with Crippen molar-refractivity contribution in [2.75, 3.05) is 19.0 Å². The van der Waals surface area contributed by atoms with Crippen molar-refractivity contribution >= 4 is 34.0 Å². The molecule has 3 aromatic heterocycles. The normalized spacial score (nSPS) is 10.7. The van der Waals surface area contributed by atoms with Gasteiger partial charge >= 0.3 is 5.97 Å². The van der Waals surface area contributed by atoms with Crippen LogP contribution in [0.5, 0.6) is 5.75 Å². The lowest BCUT2D eigenvalue weighted by Crippen LogP contribution is -2.12. The van der Waals surface area contributed by atoms with Gasteiger partial charge < -0.3 is 19.7 Å². The predicted octanol–water partition coefficient (Wildman–Crippen LogP) is 3.99. The lowest BCUT2D eigenvalue weighted by Gasteiger charge is -2.10. The minimum Gasteiger partial charge on any atom is -0.496 e. The summed E-state index contributed by atoms with van der Waals surface area (Å²) in [4.78, 5) is 19.4. The number of hydrogen-bond acceptors (Lipinski definition) is 7. The zero-order valence-electron chi connectivity index (χ0n) is 16.3. The number of nitrogens with zero attached hydrogens (tertiary/aromatic N) is 4. The Morgan fingerprint density at radius 2 is 2.19 bits per heavy atom. The summed E-state index contributed by atoms with van der Waals surface area (Å²) < 4.78 is 21.1. The highest BCUT2D eigenvalue weighted by Crippen LogP contribution is 2.31. The van der Waals surface area contributed by atoms with Crippen LogP contribution in [0.1, 0.15) is 15.4 Å². The third-order valence-electron chi connectivity index (χ3n) is 4.68. The third kappa shape index (κ3) is 3.91. The molecule has 4 aromatic rings. The van der Waals surface area contributed by atoms with Gasteiger partial charge in [-0.1, -0.05) is 6.07 Å². The van der Waals surface area contributed by atoms with Crippen LogP contribution in [0.2, 0.25) is 0 Å². The lowest BCUT2D eigenvalue weighted by atomic mass is 10.2. The van der Waals surface area contributed by atoms with Crippen molar-refractivity contribution in [3.8, 4) is 22.4 Å². The maximum atomic E-state index is 13.8. The van der Waals surface area contributed by atoms with Crippen molar-refractivity contribution in [1.29, 1.82) is 5.26 Å². The lowest BCUT2D eigenvalue weighted by molar-refractivity contribution is 0.0697. The van der Waals surface area contributed by atoms with Crippen molar-refractivity contribution in [2.24, 2.45) is 0 Å². The fourth-order valence-electron chi connectivity index (χ4n) is 3.29. The van der Waals surface area contributed by atoms with Crippen molar-refractivity contribution in [2.45, 2.75) is 6.54 Å². The Hall–Kier alpha value is -3.97. The summed E-state index contributed by atoms with van der Waals surface area (Å²) in [5.41, 5.74) is 1.82. The van der Waals surface area contributed by atoms with E-state index in [-0.39, 0.29) is 4.88 Å². The first kappa shape index (κ1) is 20.3. The summed E-state index contributed by atoms with van der Waals surface area (Å²) in [6, 6.07) is 12.4. The summed E-state index contributed by atoms with van der Waals surface area (Å²) in [7, 11) is 1.59. The van der Waals surface area contributed by atoms with E-state index in [1.165, 1.54) is 6.33 Å². The SMILES string of the molecule is COc1cccc2c1cc(C#N)n2CCNc1cc(-c2cc(F)c(C(=O)O)s2)ncn1. The number of nitrogens with one attached hydrogen (secondary N) is 1. The number of halogens is 1. The number of carboxylic acids is 1. The number of methoxy groups -OCH3 is 1. The van der Waals surface area contributed by atoms with Crippen LogP contribution in [-0.2, 0) is 6.54 Å². The Labute approximate surface area is 180 Å². The van der Waals surface area contributed by atoms with Crippen LogP contribution in [0.25, 0.3) is 21.5 Å². The molecule has 3 heterocycles. The first-order valence-electron chi connectivity index (χ1n) is 9.17. The maximum absolute atomic E-state index is 13.8. The summed E-state index contributed by atoms with van der Waals surface area (Å²) in [6.07, 6.45) is 1.33. The second-order valence-corrected chi connectivity index (χ2v) is 7.55. The number of nitriles is 1. The Kier molecular flexibility index (Phi) is 5.51. The van der Waals surface area contributed by atoms with E-state index in [1.54, 1.807) is 19.2 Å². The van der Waals surface area contributed by atoms with Gasteiger partial charge in [-0.05, 0) is 24.3 Å². The predicted molar refractivity (Wildman–Crippen MR) is 114 cm³/mol. The number of fused-ring (bicyclic) bond motifs is 1. The molecular weight excluding hydrogens is 421 g/mol. The number of hydrogen-bond donors (Lipinski definition) is 2. The van der Waals surface area contributed by atoms with Crippen molar-refractivity contribution in [3.63, 3.8) is 0 Å². The van der Waals surface area contributed by atoms with E-state index < -0.39 is 11.8 Å². The molecule has 0 unspecified atom stereocenters. The van der Waals surface area contributed by atoms with Gasteiger partial charge in [-0.15, -0.1) is 11.3 Å². The van der Waals surface area contributed by atoms with E-state index in [9.17, 15) is 14.4 Å². The molecule has 0 aliphatic carbocycles. The highest BCUT2D eigenvalue weighted by atomic mass is 32.1. The van der Waals surface area contributed by atoms with Crippen LogP contribution in [0.4, 0.5) is 10.2 Å². The monoisotopic (exact) mass is 437 g/mol. The topological polar surface area (TPSA) is 113 Å². The Morgan fingerprint density at radius 1 is 1.35 bits per heavy atom. The third-order valence-corrected chi connectivity index (χ3v) is 5.80. The number of aromatic carboxylic acids is 1. The minimum absolute atomic E-state index is 0.359. The molecule has 0 saturated heterocycles. The van der Waals surface area contributed by atoms with Crippen LogP contribution >= 0.6 is 11.3 Å². The zero-order chi connectivity index (χ0) is 22.0.